The van der Waals surface area contributed by atoms with Gasteiger partial charge in [-0.1, -0.05) is 26.7 Å². The van der Waals surface area contributed by atoms with Gasteiger partial charge in [0.15, 0.2) is 5.96 Å². The number of guanidine groups is 1. The van der Waals surface area contributed by atoms with Gasteiger partial charge < -0.3 is 15.1 Å². The van der Waals surface area contributed by atoms with Crippen LogP contribution in [-0.4, -0.2) is 66.2 Å². The fraction of sp³-hybridized carbons (Fsp3) is 0.750. The third-order valence-electron chi connectivity index (χ3n) is 5.47. The predicted molar refractivity (Wildman–Crippen MR) is 110 cm³/mol. The normalized spacial score (nSPS) is 16.7. The van der Waals surface area contributed by atoms with E-state index in [1.807, 2.05) is 32.9 Å². The maximum absolute atomic E-state index is 12.8. The molecule has 7 nitrogen and oxygen atoms in total. The molecule has 0 atom stereocenters. The van der Waals surface area contributed by atoms with Gasteiger partial charge in [-0.3, -0.25) is 14.5 Å². The Morgan fingerprint density at radius 1 is 1.33 bits per heavy atom. The molecule has 152 valence electrons. The standard InChI is InChI=1S/C20H36N6O/c1-15(2)17-16(13-26(7)23-17)12-25(6)19(21-3)22-14-20(10-8-9-11-20)18(27)24(4)5/h13,15H,8-12,14H2,1-7H3,(H,21,22). The number of hydrogen-bond donors (Lipinski definition) is 1. The van der Waals surface area contributed by atoms with Crippen molar-refractivity contribution in [3.8, 4) is 0 Å². The molecule has 1 aromatic rings. The van der Waals surface area contributed by atoms with Crippen molar-refractivity contribution >= 4 is 11.9 Å². The van der Waals surface area contributed by atoms with Crippen LogP contribution in [0.25, 0.3) is 0 Å². The smallest absolute Gasteiger partial charge is 0.230 e. The number of rotatable bonds is 6. The average Bonchev–Trinajstić information content (AvgIpc) is 3.22. The van der Waals surface area contributed by atoms with Crippen LogP contribution in [0.15, 0.2) is 11.2 Å². The Kier molecular flexibility index (Phi) is 6.89. The Morgan fingerprint density at radius 3 is 2.48 bits per heavy atom. The first-order valence-electron chi connectivity index (χ1n) is 9.86. The first-order valence-corrected chi connectivity index (χ1v) is 9.86. The summed E-state index contributed by atoms with van der Waals surface area (Å²) in [6, 6.07) is 0. The highest BCUT2D eigenvalue weighted by molar-refractivity contribution is 5.85. The summed E-state index contributed by atoms with van der Waals surface area (Å²) in [5.74, 6) is 1.41. The summed E-state index contributed by atoms with van der Waals surface area (Å²) in [6.45, 7) is 5.69. The Labute approximate surface area is 163 Å². The zero-order valence-corrected chi connectivity index (χ0v) is 18.0. The number of aryl methyl sites for hydroxylation is 1. The Balaban J connectivity index is 2.07. The van der Waals surface area contributed by atoms with Crippen LogP contribution >= 0.6 is 0 Å². The summed E-state index contributed by atoms with van der Waals surface area (Å²) < 4.78 is 1.87. The second kappa shape index (κ2) is 8.76. The van der Waals surface area contributed by atoms with Gasteiger partial charge in [-0.2, -0.15) is 5.10 Å². The lowest BCUT2D eigenvalue weighted by Gasteiger charge is -2.32. The Morgan fingerprint density at radius 2 is 1.96 bits per heavy atom. The van der Waals surface area contributed by atoms with Crippen molar-refractivity contribution in [3.05, 3.63) is 17.5 Å². The van der Waals surface area contributed by atoms with E-state index in [1.54, 1.807) is 11.9 Å². The number of hydrogen-bond acceptors (Lipinski definition) is 3. The fourth-order valence-corrected chi connectivity index (χ4v) is 4.12. The molecule has 1 aromatic heterocycles. The van der Waals surface area contributed by atoms with E-state index in [2.05, 4.69) is 40.4 Å². The van der Waals surface area contributed by atoms with Crippen LogP contribution in [0.1, 0.15) is 56.7 Å². The lowest BCUT2D eigenvalue weighted by Crippen LogP contribution is -2.49. The minimum absolute atomic E-state index is 0.222. The van der Waals surface area contributed by atoms with E-state index in [-0.39, 0.29) is 11.3 Å². The molecule has 2 rings (SSSR count). The van der Waals surface area contributed by atoms with Crippen molar-refractivity contribution in [1.29, 1.82) is 0 Å². The highest BCUT2D eigenvalue weighted by Crippen LogP contribution is 2.39. The molecule has 1 saturated carbocycles. The number of carbonyl (C=O) groups is 1. The van der Waals surface area contributed by atoms with Crippen LogP contribution in [0.2, 0.25) is 0 Å². The van der Waals surface area contributed by atoms with E-state index in [9.17, 15) is 4.79 Å². The van der Waals surface area contributed by atoms with Gasteiger partial charge >= 0.3 is 0 Å². The number of carbonyl (C=O) groups excluding carboxylic acids is 1. The Bertz CT molecular complexity index is 670. The Hall–Kier alpha value is -2.05. The average molecular weight is 377 g/mol. The number of nitrogens with zero attached hydrogens (tertiary/aromatic N) is 5. The monoisotopic (exact) mass is 376 g/mol. The molecule has 0 aliphatic heterocycles. The van der Waals surface area contributed by atoms with Crippen LogP contribution in [0, 0.1) is 5.41 Å². The third-order valence-corrected chi connectivity index (χ3v) is 5.47. The lowest BCUT2D eigenvalue weighted by atomic mass is 9.84. The molecule has 0 bridgehead atoms. The third kappa shape index (κ3) is 4.82. The van der Waals surface area contributed by atoms with Crippen molar-refractivity contribution in [2.75, 3.05) is 34.7 Å². The van der Waals surface area contributed by atoms with Crippen LogP contribution in [0.5, 0.6) is 0 Å². The molecule has 1 amide bonds. The molecular formula is C20H36N6O. The van der Waals surface area contributed by atoms with Gasteiger partial charge in [-0.05, 0) is 18.8 Å². The molecule has 0 radical (unpaired) electrons. The summed E-state index contributed by atoms with van der Waals surface area (Å²) in [5, 5.41) is 8.06. The highest BCUT2D eigenvalue weighted by Gasteiger charge is 2.42. The second-order valence-corrected chi connectivity index (χ2v) is 8.31. The second-order valence-electron chi connectivity index (χ2n) is 8.31. The number of nitrogens with one attached hydrogen (secondary N) is 1. The van der Waals surface area contributed by atoms with Crippen molar-refractivity contribution in [2.24, 2.45) is 17.5 Å². The molecule has 1 aliphatic carbocycles. The van der Waals surface area contributed by atoms with E-state index >= 15 is 0 Å². The molecule has 0 aromatic carbocycles. The summed E-state index contributed by atoms with van der Waals surface area (Å²) in [5.41, 5.74) is 2.02. The quantitative estimate of drug-likeness (QED) is 0.611. The zero-order chi connectivity index (χ0) is 20.2. The molecule has 0 spiro atoms. The van der Waals surface area contributed by atoms with Gasteiger partial charge in [0.25, 0.3) is 0 Å². The minimum Gasteiger partial charge on any atom is -0.355 e. The van der Waals surface area contributed by atoms with E-state index in [0.29, 0.717) is 12.5 Å². The molecule has 1 aliphatic rings. The first kappa shape index (κ1) is 21.3. The molecular weight excluding hydrogens is 340 g/mol. The van der Waals surface area contributed by atoms with Crippen LogP contribution in [0.3, 0.4) is 0 Å². The van der Waals surface area contributed by atoms with Crippen LogP contribution in [-0.2, 0) is 18.4 Å². The molecule has 27 heavy (non-hydrogen) atoms. The van der Waals surface area contributed by atoms with Crippen molar-refractivity contribution < 1.29 is 4.79 Å². The topological polar surface area (TPSA) is 65.8 Å². The van der Waals surface area contributed by atoms with Gasteiger partial charge in [-0.25, -0.2) is 0 Å². The number of aromatic nitrogens is 2. The molecule has 1 heterocycles. The molecule has 0 saturated heterocycles. The summed E-state index contributed by atoms with van der Waals surface area (Å²) >= 11 is 0. The van der Waals surface area contributed by atoms with Gasteiger partial charge in [0.1, 0.15) is 0 Å². The van der Waals surface area contributed by atoms with E-state index in [0.717, 1.165) is 43.9 Å². The number of amides is 1. The van der Waals surface area contributed by atoms with Gasteiger partial charge in [0.05, 0.1) is 11.1 Å². The SMILES string of the molecule is CN=C(NCC1(C(=O)N(C)C)CCCC1)N(C)Cc1cn(C)nc1C(C)C. The van der Waals surface area contributed by atoms with E-state index < -0.39 is 0 Å². The minimum atomic E-state index is -0.308. The van der Waals surface area contributed by atoms with Gasteiger partial charge in [0.2, 0.25) is 5.91 Å². The van der Waals surface area contributed by atoms with Crippen molar-refractivity contribution in [2.45, 2.75) is 52.0 Å². The maximum atomic E-state index is 12.8. The van der Waals surface area contributed by atoms with E-state index in [1.165, 1.54) is 5.56 Å². The largest absolute Gasteiger partial charge is 0.355 e. The van der Waals surface area contributed by atoms with Crippen molar-refractivity contribution in [1.82, 2.24) is 24.9 Å². The van der Waals surface area contributed by atoms with Crippen molar-refractivity contribution in [3.63, 3.8) is 0 Å². The maximum Gasteiger partial charge on any atom is 0.230 e. The lowest BCUT2D eigenvalue weighted by molar-refractivity contribution is -0.138. The zero-order valence-electron chi connectivity index (χ0n) is 18.0. The number of aliphatic imine (C=N–C) groups is 1. The first-order chi connectivity index (χ1) is 12.7. The predicted octanol–water partition coefficient (Wildman–Crippen LogP) is 2.20. The molecule has 7 heteroatoms. The van der Waals surface area contributed by atoms with Gasteiger partial charge in [0, 0.05) is 60.1 Å². The molecule has 0 unspecified atom stereocenters. The molecule has 1 fully saturated rings. The van der Waals surface area contributed by atoms with E-state index in [4.69, 9.17) is 0 Å². The van der Waals surface area contributed by atoms with Crippen LogP contribution in [0.4, 0.5) is 0 Å². The summed E-state index contributed by atoms with van der Waals surface area (Å²) in [6.07, 6.45) is 6.19. The van der Waals surface area contributed by atoms with Gasteiger partial charge in [-0.15, -0.1) is 0 Å². The van der Waals surface area contributed by atoms with Crippen LogP contribution < -0.4 is 5.32 Å². The highest BCUT2D eigenvalue weighted by atomic mass is 16.2. The summed E-state index contributed by atoms with van der Waals surface area (Å²) in [7, 11) is 9.47. The summed E-state index contributed by atoms with van der Waals surface area (Å²) in [4.78, 5) is 21.0. The molecule has 1 N–H and O–H groups in total. The fourth-order valence-electron chi connectivity index (χ4n) is 4.12.